The van der Waals surface area contributed by atoms with Crippen molar-refractivity contribution < 1.29 is 4.74 Å². The number of hydrogen-bond acceptors (Lipinski definition) is 3. The Morgan fingerprint density at radius 2 is 1.78 bits per heavy atom. The fraction of sp³-hybridized carbons (Fsp3) is 1.00. The number of hydrogen-bond donors (Lipinski definition) is 1. The lowest BCUT2D eigenvalue weighted by Crippen LogP contribution is -2.45. The topological polar surface area (TPSA) is 24.5 Å². The molecule has 1 saturated heterocycles. The molecular weight excluding hydrogens is 224 g/mol. The quantitative estimate of drug-likeness (QED) is 0.832. The van der Waals surface area contributed by atoms with Crippen LogP contribution < -0.4 is 5.32 Å². The minimum absolute atomic E-state index is 0.0244. The van der Waals surface area contributed by atoms with Gasteiger partial charge in [0.05, 0.1) is 12.2 Å². The van der Waals surface area contributed by atoms with Crippen LogP contribution in [0.2, 0.25) is 0 Å². The lowest BCUT2D eigenvalue weighted by atomic mass is 10.0. The van der Waals surface area contributed by atoms with Crippen LogP contribution in [0.5, 0.6) is 0 Å². The van der Waals surface area contributed by atoms with Gasteiger partial charge in [-0.2, -0.15) is 0 Å². The lowest BCUT2D eigenvalue weighted by Gasteiger charge is -2.29. The van der Waals surface area contributed by atoms with Gasteiger partial charge in [0.15, 0.2) is 0 Å². The van der Waals surface area contributed by atoms with Crippen molar-refractivity contribution in [1.29, 1.82) is 0 Å². The van der Waals surface area contributed by atoms with E-state index in [2.05, 4.69) is 31.0 Å². The Hall–Kier alpha value is -0.120. The molecule has 2 aliphatic rings. The van der Waals surface area contributed by atoms with Gasteiger partial charge in [-0.3, -0.25) is 0 Å². The van der Waals surface area contributed by atoms with Crippen molar-refractivity contribution in [2.45, 2.75) is 45.6 Å². The average Bonchev–Trinajstić information content (AvgIpc) is 2.75. The van der Waals surface area contributed by atoms with E-state index >= 15 is 0 Å². The predicted molar refractivity (Wildman–Crippen MR) is 75.8 cm³/mol. The summed E-state index contributed by atoms with van der Waals surface area (Å²) in [7, 11) is 0. The van der Waals surface area contributed by atoms with Crippen LogP contribution in [0.3, 0.4) is 0 Å². The first-order chi connectivity index (χ1) is 8.53. The van der Waals surface area contributed by atoms with Gasteiger partial charge in [-0.25, -0.2) is 0 Å². The Labute approximate surface area is 112 Å². The van der Waals surface area contributed by atoms with Crippen molar-refractivity contribution in [2.75, 3.05) is 39.3 Å². The van der Waals surface area contributed by atoms with Gasteiger partial charge in [0.2, 0.25) is 0 Å². The van der Waals surface area contributed by atoms with Crippen molar-refractivity contribution in [3.8, 4) is 0 Å². The zero-order chi connectivity index (χ0) is 13.0. The van der Waals surface area contributed by atoms with Gasteiger partial charge in [0.25, 0.3) is 0 Å². The summed E-state index contributed by atoms with van der Waals surface area (Å²) < 4.78 is 5.93. The van der Waals surface area contributed by atoms with Crippen LogP contribution in [0.25, 0.3) is 0 Å². The number of rotatable bonds is 4. The molecule has 0 radical (unpaired) electrons. The summed E-state index contributed by atoms with van der Waals surface area (Å²) in [5, 5.41) is 3.42. The third-order valence-electron chi connectivity index (χ3n) is 4.13. The van der Waals surface area contributed by atoms with Gasteiger partial charge in [-0.15, -0.1) is 0 Å². The molecule has 3 nitrogen and oxygen atoms in total. The van der Waals surface area contributed by atoms with E-state index in [9.17, 15) is 0 Å². The first kappa shape index (κ1) is 14.3. The van der Waals surface area contributed by atoms with Crippen LogP contribution in [0, 0.1) is 11.8 Å². The molecule has 1 heterocycles. The SMILES string of the molecule is CC(C)(C)OCC1CCC(CN2CCNCC2)C1. The van der Waals surface area contributed by atoms with Crippen LogP contribution in [0.15, 0.2) is 0 Å². The zero-order valence-electron chi connectivity index (χ0n) is 12.4. The lowest BCUT2D eigenvalue weighted by molar-refractivity contribution is -0.0218. The summed E-state index contributed by atoms with van der Waals surface area (Å²) in [4.78, 5) is 2.63. The highest BCUT2D eigenvalue weighted by molar-refractivity contribution is 4.80. The van der Waals surface area contributed by atoms with Gasteiger partial charge >= 0.3 is 0 Å². The normalized spacial score (nSPS) is 30.8. The molecule has 1 saturated carbocycles. The summed E-state index contributed by atoms with van der Waals surface area (Å²) in [6.07, 6.45) is 4.15. The third-order valence-corrected chi connectivity index (χ3v) is 4.13. The number of piperazine rings is 1. The second-order valence-electron chi connectivity index (χ2n) is 7.02. The minimum atomic E-state index is 0.0244. The van der Waals surface area contributed by atoms with E-state index in [4.69, 9.17) is 4.74 Å². The van der Waals surface area contributed by atoms with E-state index in [-0.39, 0.29) is 5.60 Å². The maximum atomic E-state index is 5.93. The Bertz CT molecular complexity index is 243. The van der Waals surface area contributed by atoms with E-state index in [1.165, 1.54) is 52.0 Å². The number of nitrogens with one attached hydrogen (secondary N) is 1. The maximum Gasteiger partial charge on any atom is 0.0598 e. The summed E-state index contributed by atoms with van der Waals surface area (Å²) in [5.41, 5.74) is 0.0244. The Morgan fingerprint density at radius 3 is 2.44 bits per heavy atom. The van der Waals surface area contributed by atoms with E-state index in [1.54, 1.807) is 0 Å². The highest BCUT2D eigenvalue weighted by Crippen LogP contribution is 2.32. The standard InChI is InChI=1S/C15H30N2O/c1-15(2,3)18-12-14-5-4-13(10-14)11-17-8-6-16-7-9-17/h13-14,16H,4-12H2,1-3H3. The summed E-state index contributed by atoms with van der Waals surface area (Å²) in [6, 6.07) is 0. The van der Waals surface area contributed by atoms with Crippen molar-refractivity contribution in [2.24, 2.45) is 11.8 Å². The zero-order valence-corrected chi connectivity index (χ0v) is 12.4. The molecule has 1 aliphatic carbocycles. The summed E-state index contributed by atoms with van der Waals surface area (Å²) >= 11 is 0. The van der Waals surface area contributed by atoms with Crippen LogP contribution in [-0.4, -0.2) is 49.8 Å². The largest absolute Gasteiger partial charge is 0.376 e. The fourth-order valence-electron chi connectivity index (χ4n) is 3.12. The molecule has 0 amide bonds. The molecule has 0 aromatic rings. The van der Waals surface area contributed by atoms with Crippen LogP contribution >= 0.6 is 0 Å². The van der Waals surface area contributed by atoms with Gasteiger partial charge in [-0.1, -0.05) is 0 Å². The van der Waals surface area contributed by atoms with Crippen molar-refractivity contribution in [1.82, 2.24) is 10.2 Å². The molecule has 0 aromatic carbocycles. The maximum absolute atomic E-state index is 5.93. The Balaban J connectivity index is 1.65. The van der Waals surface area contributed by atoms with E-state index < -0.39 is 0 Å². The van der Waals surface area contributed by atoms with E-state index in [1.807, 2.05) is 0 Å². The Morgan fingerprint density at radius 1 is 1.11 bits per heavy atom. The van der Waals surface area contributed by atoms with Crippen molar-refractivity contribution in [3.63, 3.8) is 0 Å². The van der Waals surface area contributed by atoms with Crippen LogP contribution in [0.1, 0.15) is 40.0 Å². The van der Waals surface area contributed by atoms with E-state index in [0.29, 0.717) is 0 Å². The molecule has 2 atom stereocenters. The molecular formula is C15H30N2O. The second-order valence-corrected chi connectivity index (χ2v) is 7.02. The molecule has 2 rings (SSSR count). The predicted octanol–water partition coefficient (Wildman–Crippen LogP) is 2.12. The monoisotopic (exact) mass is 254 g/mol. The molecule has 1 aliphatic heterocycles. The first-order valence-electron chi connectivity index (χ1n) is 7.60. The minimum Gasteiger partial charge on any atom is -0.376 e. The van der Waals surface area contributed by atoms with Gasteiger partial charge in [-0.05, 0) is 51.9 Å². The average molecular weight is 254 g/mol. The molecule has 0 aromatic heterocycles. The molecule has 1 N–H and O–H groups in total. The van der Waals surface area contributed by atoms with Crippen LogP contribution in [0.4, 0.5) is 0 Å². The fourth-order valence-corrected chi connectivity index (χ4v) is 3.12. The number of ether oxygens (including phenoxy) is 1. The molecule has 18 heavy (non-hydrogen) atoms. The summed E-state index contributed by atoms with van der Waals surface area (Å²) in [5.74, 6) is 1.72. The summed E-state index contributed by atoms with van der Waals surface area (Å²) in [6.45, 7) is 13.5. The molecule has 0 spiro atoms. The molecule has 0 bridgehead atoms. The molecule has 3 heteroatoms. The van der Waals surface area contributed by atoms with Gasteiger partial charge in [0, 0.05) is 32.7 Å². The van der Waals surface area contributed by atoms with Crippen molar-refractivity contribution >= 4 is 0 Å². The van der Waals surface area contributed by atoms with Crippen LogP contribution in [-0.2, 0) is 4.74 Å². The molecule has 2 fully saturated rings. The number of nitrogens with zero attached hydrogens (tertiary/aromatic N) is 1. The highest BCUT2D eigenvalue weighted by atomic mass is 16.5. The molecule has 2 unspecified atom stereocenters. The van der Waals surface area contributed by atoms with Gasteiger partial charge < -0.3 is 15.0 Å². The Kier molecular flexibility index (Phi) is 5.05. The first-order valence-corrected chi connectivity index (χ1v) is 7.60. The second kappa shape index (κ2) is 6.36. The van der Waals surface area contributed by atoms with Crippen molar-refractivity contribution in [3.05, 3.63) is 0 Å². The smallest absolute Gasteiger partial charge is 0.0598 e. The molecule has 106 valence electrons. The highest BCUT2D eigenvalue weighted by Gasteiger charge is 2.27. The van der Waals surface area contributed by atoms with E-state index in [0.717, 1.165) is 18.4 Å². The third kappa shape index (κ3) is 4.87. The van der Waals surface area contributed by atoms with Gasteiger partial charge in [0.1, 0.15) is 0 Å².